The van der Waals surface area contributed by atoms with Crippen molar-refractivity contribution in [3.63, 3.8) is 0 Å². The van der Waals surface area contributed by atoms with Crippen LogP contribution >= 0.6 is 0 Å². The van der Waals surface area contributed by atoms with Crippen LogP contribution in [0.25, 0.3) is 33.3 Å². The maximum absolute atomic E-state index is 6.98. The number of fused-ring (bicyclic) bond motifs is 3. The van der Waals surface area contributed by atoms with Crippen molar-refractivity contribution in [1.82, 2.24) is 9.55 Å². The van der Waals surface area contributed by atoms with Gasteiger partial charge in [-0.05, 0) is 104 Å². The standard InChI is InChI=1S/C59H62N4O/c1-56(2,3)43-30-44(57(4,5)6)33-47(32-43)62-39-61(38-54(62)40-20-14-12-15-21-40)46-31-45(58(7,8)9)34-49(36-46)64-48-26-27-51-50-24-18-19-25-52(50)63(53(51)37-48)55-35-42(28-29-60-55)59(10,11)41-22-16-13-17-23-41/h12-38H,39H2,1-11H3. The van der Waals surface area contributed by atoms with Crippen LogP contribution in [0.1, 0.15) is 110 Å². The van der Waals surface area contributed by atoms with Crippen molar-refractivity contribution in [3.05, 3.63) is 197 Å². The largest absolute Gasteiger partial charge is 0.457 e. The number of ether oxygens (including phenoxy) is 1. The molecule has 1 aliphatic rings. The fourth-order valence-corrected chi connectivity index (χ4v) is 8.92. The number of hydrogen-bond donors (Lipinski definition) is 0. The summed E-state index contributed by atoms with van der Waals surface area (Å²) in [5.41, 5.74) is 12.8. The number of pyridine rings is 1. The number of aromatic nitrogens is 2. The van der Waals surface area contributed by atoms with Gasteiger partial charge in [0.1, 0.15) is 17.3 Å². The van der Waals surface area contributed by atoms with E-state index < -0.39 is 0 Å². The van der Waals surface area contributed by atoms with E-state index in [4.69, 9.17) is 9.72 Å². The highest BCUT2D eigenvalue weighted by Gasteiger charge is 2.30. The maximum atomic E-state index is 6.98. The Bertz CT molecular complexity index is 2990. The Balaban J connectivity index is 1.13. The van der Waals surface area contributed by atoms with E-state index in [-0.39, 0.29) is 21.7 Å². The van der Waals surface area contributed by atoms with Crippen molar-refractivity contribution >= 4 is 38.9 Å². The van der Waals surface area contributed by atoms with E-state index in [0.717, 1.165) is 39.4 Å². The van der Waals surface area contributed by atoms with Crippen LogP contribution in [0.5, 0.6) is 11.5 Å². The second-order valence-electron chi connectivity index (χ2n) is 21.2. The maximum Gasteiger partial charge on any atom is 0.137 e. The zero-order chi connectivity index (χ0) is 45.2. The average Bonchev–Trinajstić information content (AvgIpc) is 3.86. The lowest BCUT2D eigenvalue weighted by Crippen LogP contribution is -2.28. The van der Waals surface area contributed by atoms with E-state index in [1.165, 1.54) is 50.2 Å². The van der Waals surface area contributed by atoms with Crippen molar-refractivity contribution < 1.29 is 4.74 Å². The normalized spacial score (nSPS) is 13.8. The first kappa shape index (κ1) is 42.7. The summed E-state index contributed by atoms with van der Waals surface area (Å²) in [6.07, 6.45) is 4.25. The minimum Gasteiger partial charge on any atom is -0.457 e. The second-order valence-corrected chi connectivity index (χ2v) is 21.2. The molecule has 0 atom stereocenters. The van der Waals surface area contributed by atoms with Gasteiger partial charge in [-0.15, -0.1) is 0 Å². The third-order valence-electron chi connectivity index (χ3n) is 13.1. The van der Waals surface area contributed by atoms with E-state index in [1.54, 1.807) is 0 Å². The number of para-hydroxylation sites is 1. The molecule has 0 unspecified atom stereocenters. The fraction of sp³-hybridized carbons (Fsp3) is 0.271. The first-order valence-electron chi connectivity index (χ1n) is 22.7. The Morgan fingerprint density at radius 3 is 1.73 bits per heavy atom. The minimum atomic E-state index is -0.211. The molecular formula is C59H62N4O. The first-order valence-corrected chi connectivity index (χ1v) is 22.7. The summed E-state index contributed by atoms with van der Waals surface area (Å²) in [6.45, 7) is 25.9. The number of benzene rings is 6. The number of hydrogen-bond acceptors (Lipinski definition) is 4. The molecule has 0 saturated heterocycles. The van der Waals surface area contributed by atoms with Crippen molar-refractivity contribution in [2.24, 2.45) is 0 Å². The summed E-state index contributed by atoms with van der Waals surface area (Å²) >= 11 is 0. The summed E-state index contributed by atoms with van der Waals surface area (Å²) in [7, 11) is 0. The lowest BCUT2D eigenvalue weighted by Gasteiger charge is -2.31. The molecule has 0 bridgehead atoms. The smallest absolute Gasteiger partial charge is 0.137 e. The van der Waals surface area contributed by atoms with Crippen LogP contribution in [-0.2, 0) is 21.7 Å². The van der Waals surface area contributed by atoms with E-state index >= 15 is 0 Å². The summed E-state index contributed by atoms with van der Waals surface area (Å²) in [5.74, 6) is 2.45. The summed E-state index contributed by atoms with van der Waals surface area (Å²) in [6, 6.07) is 54.9. The quantitative estimate of drug-likeness (QED) is 0.153. The van der Waals surface area contributed by atoms with Gasteiger partial charge in [0.05, 0.1) is 23.4 Å². The zero-order valence-corrected chi connectivity index (χ0v) is 39.5. The van der Waals surface area contributed by atoms with Crippen LogP contribution in [0, 0.1) is 0 Å². The molecule has 0 radical (unpaired) electrons. The summed E-state index contributed by atoms with van der Waals surface area (Å²) in [4.78, 5) is 9.84. The van der Waals surface area contributed by atoms with E-state index in [9.17, 15) is 0 Å². The molecule has 2 aromatic heterocycles. The predicted molar refractivity (Wildman–Crippen MR) is 270 cm³/mol. The molecule has 1 aliphatic heterocycles. The van der Waals surface area contributed by atoms with E-state index in [1.807, 2.05) is 6.20 Å². The highest BCUT2D eigenvalue weighted by molar-refractivity contribution is 6.09. The lowest BCUT2D eigenvalue weighted by molar-refractivity contribution is 0.479. The molecule has 9 rings (SSSR count). The highest BCUT2D eigenvalue weighted by Crippen LogP contribution is 2.42. The number of rotatable bonds is 8. The molecule has 3 heterocycles. The van der Waals surface area contributed by atoms with Gasteiger partial charge in [-0.1, -0.05) is 161 Å². The Morgan fingerprint density at radius 2 is 1.06 bits per heavy atom. The molecule has 5 heteroatoms. The molecule has 8 aromatic rings. The van der Waals surface area contributed by atoms with Gasteiger partial charge in [-0.3, -0.25) is 4.57 Å². The van der Waals surface area contributed by atoms with Gasteiger partial charge in [0.2, 0.25) is 0 Å². The van der Waals surface area contributed by atoms with Gasteiger partial charge in [-0.2, -0.15) is 0 Å². The van der Waals surface area contributed by atoms with Crippen molar-refractivity contribution in [3.8, 4) is 17.3 Å². The van der Waals surface area contributed by atoms with Gasteiger partial charge in [0.15, 0.2) is 0 Å². The Hall–Kier alpha value is -6.59. The Labute approximate surface area is 380 Å². The number of anilines is 2. The topological polar surface area (TPSA) is 33.5 Å². The monoisotopic (exact) mass is 842 g/mol. The SMILES string of the molecule is CC(C)(C)c1cc(Oc2ccc3c4ccccc4n(-c4cc(C(C)(C)c5ccccc5)ccn4)c3c2)cc(N2C=C(c3ccccc3)N(c3cc(C(C)(C)C)cc(C(C)(C)C)c3)C2)c1. The van der Waals surface area contributed by atoms with Crippen LogP contribution in [0.15, 0.2) is 164 Å². The summed E-state index contributed by atoms with van der Waals surface area (Å²) < 4.78 is 9.27. The highest BCUT2D eigenvalue weighted by atomic mass is 16.5. The van der Waals surface area contributed by atoms with Gasteiger partial charge < -0.3 is 14.5 Å². The third-order valence-corrected chi connectivity index (χ3v) is 13.1. The molecule has 6 aromatic carbocycles. The van der Waals surface area contributed by atoms with E-state index in [0.29, 0.717) is 6.67 Å². The molecule has 0 spiro atoms. The molecule has 0 aliphatic carbocycles. The average molecular weight is 843 g/mol. The molecule has 5 nitrogen and oxygen atoms in total. The van der Waals surface area contributed by atoms with Gasteiger partial charge in [0.25, 0.3) is 0 Å². The number of nitrogens with zero attached hydrogens (tertiary/aromatic N) is 4. The summed E-state index contributed by atoms with van der Waals surface area (Å²) in [5, 5.41) is 2.33. The van der Waals surface area contributed by atoms with E-state index in [2.05, 4.69) is 248 Å². The Morgan fingerprint density at radius 1 is 0.469 bits per heavy atom. The Kier molecular flexibility index (Phi) is 10.6. The van der Waals surface area contributed by atoms with Crippen molar-refractivity contribution in [1.29, 1.82) is 0 Å². The third kappa shape index (κ3) is 8.20. The predicted octanol–water partition coefficient (Wildman–Crippen LogP) is 15.5. The molecule has 64 heavy (non-hydrogen) atoms. The van der Waals surface area contributed by atoms with Gasteiger partial charge >= 0.3 is 0 Å². The molecule has 0 amide bonds. The molecule has 0 saturated carbocycles. The van der Waals surface area contributed by atoms with Crippen LogP contribution < -0.4 is 14.5 Å². The van der Waals surface area contributed by atoms with Gasteiger partial charge in [-0.25, -0.2) is 4.98 Å². The van der Waals surface area contributed by atoms with Crippen LogP contribution in [-0.4, -0.2) is 16.2 Å². The zero-order valence-electron chi connectivity index (χ0n) is 39.5. The van der Waals surface area contributed by atoms with Crippen LogP contribution in [0.4, 0.5) is 11.4 Å². The lowest BCUT2D eigenvalue weighted by atomic mass is 9.78. The molecular weight excluding hydrogens is 781 g/mol. The van der Waals surface area contributed by atoms with Crippen molar-refractivity contribution in [2.75, 3.05) is 16.5 Å². The molecule has 0 fully saturated rings. The first-order chi connectivity index (χ1) is 30.3. The fourth-order valence-electron chi connectivity index (χ4n) is 8.92. The van der Waals surface area contributed by atoms with Crippen molar-refractivity contribution in [2.45, 2.75) is 97.8 Å². The van der Waals surface area contributed by atoms with Gasteiger partial charge in [0, 0.05) is 52.1 Å². The van der Waals surface area contributed by atoms with Crippen LogP contribution in [0.2, 0.25) is 0 Å². The molecule has 324 valence electrons. The minimum absolute atomic E-state index is 0.00344. The molecule has 0 N–H and O–H groups in total. The second kappa shape index (κ2) is 15.9. The van der Waals surface area contributed by atoms with Crippen LogP contribution in [0.3, 0.4) is 0 Å².